The Balaban J connectivity index is 2.75. The lowest BCUT2D eigenvalue weighted by molar-refractivity contribution is 0.0593. The fourth-order valence-corrected chi connectivity index (χ4v) is 5.06. The van der Waals surface area contributed by atoms with Crippen LogP contribution in [0.15, 0.2) is 30.8 Å². The molecule has 0 atom stereocenters. The first kappa shape index (κ1) is 20.1. The van der Waals surface area contributed by atoms with Crippen LogP contribution in [0.5, 0.6) is 0 Å². The normalized spacial score (nSPS) is 11.6. The Bertz CT molecular complexity index is 409. The monoisotopic (exact) mass is 336 g/mol. The molecule has 1 rings (SSSR count). The molecule has 0 fully saturated rings. The molecule has 23 heavy (non-hydrogen) atoms. The van der Waals surface area contributed by atoms with Crippen molar-refractivity contribution in [2.24, 2.45) is 0 Å². The summed E-state index contributed by atoms with van der Waals surface area (Å²) < 4.78 is 18.4. The summed E-state index contributed by atoms with van der Waals surface area (Å²) in [4.78, 5) is 0. The largest absolute Gasteiger partial charge is 0.501 e. The van der Waals surface area contributed by atoms with Gasteiger partial charge in [0.05, 0.1) is 0 Å². The van der Waals surface area contributed by atoms with Crippen LogP contribution in [-0.2, 0) is 19.7 Å². The number of hydrogen-bond donors (Lipinski definition) is 0. The summed E-state index contributed by atoms with van der Waals surface area (Å²) >= 11 is 0. The third-order valence-electron chi connectivity index (χ3n) is 3.51. The van der Waals surface area contributed by atoms with Gasteiger partial charge in [-0.3, -0.25) is 0 Å². The van der Waals surface area contributed by atoms with Gasteiger partial charge in [0.2, 0.25) is 0 Å². The number of hydrogen-bond acceptors (Lipinski definition) is 3. The summed E-state index contributed by atoms with van der Waals surface area (Å²) in [6.07, 6.45) is 5.72. The maximum absolute atomic E-state index is 6.13. The molecule has 0 aliphatic rings. The van der Waals surface area contributed by atoms with E-state index in [4.69, 9.17) is 13.3 Å². The molecule has 0 amide bonds. The van der Waals surface area contributed by atoms with Gasteiger partial charge >= 0.3 is 8.80 Å². The highest BCUT2D eigenvalue weighted by Crippen LogP contribution is 2.21. The van der Waals surface area contributed by atoms with Crippen LogP contribution in [0.1, 0.15) is 51.2 Å². The highest BCUT2D eigenvalue weighted by Gasteiger charge is 2.40. The third kappa shape index (κ3) is 7.44. The van der Waals surface area contributed by atoms with E-state index in [1.54, 1.807) is 0 Å². The molecule has 0 N–H and O–H groups in total. The van der Waals surface area contributed by atoms with Crippen molar-refractivity contribution in [2.45, 2.75) is 52.5 Å². The average Bonchev–Trinajstić information content (AvgIpc) is 2.61. The van der Waals surface area contributed by atoms with Crippen LogP contribution < -0.4 is 0 Å². The first-order valence-corrected chi connectivity index (χ1v) is 10.8. The van der Waals surface area contributed by atoms with Gasteiger partial charge in [-0.25, -0.2) is 0 Å². The molecule has 130 valence electrons. The molecular weight excluding hydrogens is 304 g/mol. The minimum absolute atomic E-state index is 0.703. The lowest BCUT2D eigenvalue weighted by Crippen LogP contribution is -2.47. The van der Waals surface area contributed by atoms with Crippen LogP contribution in [0, 0.1) is 0 Å². The van der Waals surface area contributed by atoms with E-state index in [1.165, 1.54) is 5.56 Å². The summed E-state index contributed by atoms with van der Waals surface area (Å²) in [7, 11) is -2.58. The van der Waals surface area contributed by atoms with Gasteiger partial charge in [0.25, 0.3) is 0 Å². The Kier molecular flexibility index (Phi) is 10.1. The van der Waals surface area contributed by atoms with Gasteiger partial charge in [0.15, 0.2) is 0 Å². The van der Waals surface area contributed by atoms with Crippen molar-refractivity contribution in [3.05, 3.63) is 42.0 Å². The van der Waals surface area contributed by atoms with Crippen molar-refractivity contribution in [1.82, 2.24) is 0 Å². The zero-order chi connectivity index (χ0) is 17.0. The first-order valence-electron chi connectivity index (χ1n) is 8.83. The number of rotatable bonds is 13. The van der Waals surface area contributed by atoms with E-state index >= 15 is 0 Å². The smallest absolute Gasteiger partial charge is 0.373 e. The van der Waals surface area contributed by atoms with Gasteiger partial charge < -0.3 is 13.3 Å². The minimum Gasteiger partial charge on any atom is -0.373 e. The van der Waals surface area contributed by atoms with Crippen LogP contribution in [0.4, 0.5) is 0 Å². The molecule has 0 bridgehead atoms. The molecule has 3 nitrogen and oxygen atoms in total. The Morgan fingerprint density at radius 3 is 1.74 bits per heavy atom. The van der Waals surface area contributed by atoms with Crippen molar-refractivity contribution in [3.8, 4) is 0 Å². The van der Waals surface area contributed by atoms with Gasteiger partial charge in [-0.05, 0) is 36.8 Å². The molecule has 0 aromatic heterocycles. The summed E-state index contributed by atoms with van der Waals surface area (Å²) in [6, 6.07) is 9.32. The van der Waals surface area contributed by atoms with Crippen LogP contribution >= 0.6 is 0 Å². The molecule has 0 spiro atoms. The van der Waals surface area contributed by atoms with E-state index in [1.807, 2.05) is 6.08 Å². The van der Waals surface area contributed by atoms with E-state index in [9.17, 15) is 0 Å². The zero-order valence-corrected chi connectivity index (χ0v) is 16.0. The van der Waals surface area contributed by atoms with E-state index in [0.29, 0.717) is 19.8 Å². The minimum atomic E-state index is -2.58. The van der Waals surface area contributed by atoms with E-state index in [0.717, 1.165) is 37.3 Å². The molecule has 0 radical (unpaired) electrons. The topological polar surface area (TPSA) is 27.7 Å². The molecule has 0 unspecified atom stereocenters. The fraction of sp³-hybridized carbons (Fsp3) is 0.579. The molecule has 1 aromatic rings. The van der Waals surface area contributed by atoms with Crippen molar-refractivity contribution in [3.63, 3.8) is 0 Å². The summed E-state index contributed by atoms with van der Waals surface area (Å²) in [6.45, 7) is 12.3. The van der Waals surface area contributed by atoms with Crippen LogP contribution in [0.2, 0.25) is 6.04 Å². The van der Waals surface area contributed by atoms with Crippen molar-refractivity contribution >= 4 is 14.9 Å². The molecule has 0 aliphatic heterocycles. The van der Waals surface area contributed by atoms with Crippen LogP contribution in [0.25, 0.3) is 6.08 Å². The average molecular weight is 337 g/mol. The summed E-state index contributed by atoms with van der Waals surface area (Å²) in [5.41, 5.74) is 2.43. The third-order valence-corrected chi connectivity index (χ3v) is 6.31. The predicted octanol–water partition coefficient (Wildman–Crippen LogP) is 5.09. The highest BCUT2D eigenvalue weighted by molar-refractivity contribution is 6.60. The maximum atomic E-state index is 6.13. The van der Waals surface area contributed by atoms with E-state index in [2.05, 4.69) is 51.6 Å². The predicted molar refractivity (Wildman–Crippen MR) is 99.5 cm³/mol. The molecule has 0 saturated carbocycles. The van der Waals surface area contributed by atoms with E-state index in [-0.39, 0.29) is 0 Å². The maximum Gasteiger partial charge on any atom is 0.501 e. The Labute approximate surface area is 143 Å². The van der Waals surface area contributed by atoms with E-state index < -0.39 is 8.80 Å². The molecule has 0 saturated heterocycles. The summed E-state index contributed by atoms with van der Waals surface area (Å²) in [5, 5.41) is 0. The highest BCUT2D eigenvalue weighted by atomic mass is 28.4. The second kappa shape index (κ2) is 11.6. The Morgan fingerprint density at radius 1 is 0.870 bits per heavy atom. The van der Waals surface area contributed by atoms with Gasteiger partial charge in [0.1, 0.15) is 0 Å². The van der Waals surface area contributed by atoms with Gasteiger partial charge in [-0.1, -0.05) is 57.7 Å². The number of benzene rings is 1. The van der Waals surface area contributed by atoms with Crippen molar-refractivity contribution < 1.29 is 13.3 Å². The summed E-state index contributed by atoms with van der Waals surface area (Å²) in [5.74, 6) is 0. The van der Waals surface area contributed by atoms with Crippen molar-refractivity contribution in [2.75, 3.05) is 19.8 Å². The second-order valence-corrected chi connectivity index (χ2v) is 8.41. The molecular formula is C19H32O3Si. The van der Waals surface area contributed by atoms with Gasteiger partial charge in [0, 0.05) is 25.9 Å². The molecule has 0 aliphatic carbocycles. The zero-order valence-electron chi connectivity index (χ0n) is 15.0. The molecule has 0 heterocycles. The van der Waals surface area contributed by atoms with Gasteiger partial charge in [-0.15, -0.1) is 0 Å². The number of aryl methyl sites for hydroxylation is 1. The van der Waals surface area contributed by atoms with Gasteiger partial charge in [-0.2, -0.15) is 0 Å². The second-order valence-electron chi connectivity index (χ2n) is 5.67. The lowest BCUT2D eigenvalue weighted by Gasteiger charge is -2.29. The standard InChI is InChI=1S/C19H32O3Si/c1-5-14-20-23(21-15-6-2,22-16-7-3)17-13-19-11-9-18(8-4)10-12-19/h8-12H,4-7,13-17H2,1-3H3. The fourth-order valence-electron chi connectivity index (χ4n) is 2.23. The molecule has 1 aromatic carbocycles. The molecule has 4 heteroatoms. The first-order chi connectivity index (χ1) is 11.2. The Hall–Kier alpha value is -0.943. The van der Waals surface area contributed by atoms with Crippen molar-refractivity contribution in [1.29, 1.82) is 0 Å². The van der Waals surface area contributed by atoms with Crippen LogP contribution in [-0.4, -0.2) is 28.6 Å². The Morgan fingerprint density at radius 2 is 1.35 bits per heavy atom. The quantitative estimate of drug-likeness (QED) is 0.470. The lowest BCUT2D eigenvalue weighted by atomic mass is 10.1. The van der Waals surface area contributed by atoms with Crippen LogP contribution in [0.3, 0.4) is 0 Å². The SMILES string of the molecule is C=Cc1ccc(CC[Si](OCCC)(OCCC)OCCC)cc1.